The van der Waals surface area contributed by atoms with Gasteiger partial charge in [0.1, 0.15) is 5.49 Å². The Kier molecular flexibility index (Phi) is 6.28. The van der Waals surface area contributed by atoms with Gasteiger partial charge < -0.3 is 5.32 Å². The van der Waals surface area contributed by atoms with E-state index in [1.54, 1.807) is 22.8 Å². The Hall–Kier alpha value is -2.81. The minimum absolute atomic E-state index is 0.0966. The largest absolute Gasteiger partial charge is 0.325 e. The molecule has 0 radical (unpaired) electrons. The van der Waals surface area contributed by atoms with Crippen LogP contribution in [0.15, 0.2) is 41.6 Å². The maximum absolute atomic E-state index is 12.6. The minimum Gasteiger partial charge on any atom is -0.325 e. The summed E-state index contributed by atoms with van der Waals surface area (Å²) in [6.45, 7) is 5.65. The maximum atomic E-state index is 12.6. The summed E-state index contributed by atoms with van der Waals surface area (Å²) in [5, 5.41) is 21.1. The topological polar surface area (TPSA) is 99.4 Å². The summed E-state index contributed by atoms with van der Waals surface area (Å²) in [5.74, 6) is -0.111. The van der Waals surface area contributed by atoms with E-state index in [2.05, 4.69) is 20.5 Å². The SMILES string of the molecule is Cc1cc(-n2c(SCC(=O)Nc3ccc(C)c(Cl)c3)nc3n[nH]c(C)c3c2=N)ccc1Cl. The second-order valence-electron chi connectivity index (χ2n) is 7.36. The number of carbonyl (C=O) groups excluding carboxylic acids is 1. The molecule has 0 aliphatic rings. The number of amides is 1. The molecule has 0 unspecified atom stereocenters. The summed E-state index contributed by atoms with van der Waals surface area (Å²) in [4.78, 5) is 17.2. The summed E-state index contributed by atoms with van der Waals surface area (Å²) < 4.78 is 1.70. The van der Waals surface area contributed by atoms with Gasteiger partial charge in [0, 0.05) is 27.1 Å². The molecule has 32 heavy (non-hydrogen) atoms. The van der Waals surface area contributed by atoms with Crippen molar-refractivity contribution in [3.8, 4) is 5.69 Å². The molecular weight excluding hydrogens is 467 g/mol. The number of nitrogens with zero attached hydrogens (tertiary/aromatic N) is 3. The van der Waals surface area contributed by atoms with Crippen molar-refractivity contribution in [1.82, 2.24) is 19.7 Å². The lowest BCUT2D eigenvalue weighted by Crippen LogP contribution is -2.23. The Bertz CT molecular complexity index is 1410. The summed E-state index contributed by atoms with van der Waals surface area (Å²) in [6.07, 6.45) is 0. The Labute approximate surface area is 198 Å². The van der Waals surface area contributed by atoms with E-state index in [0.717, 1.165) is 22.5 Å². The third kappa shape index (κ3) is 4.39. The van der Waals surface area contributed by atoms with Crippen LogP contribution in [0, 0.1) is 26.2 Å². The number of aryl methyl sites for hydroxylation is 3. The van der Waals surface area contributed by atoms with Gasteiger partial charge >= 0.3 is 0 Å². The summed E-state index contributed by atoms with van der Waals surface area (Å²) in [7, 11) is 0. The van der Waals surface area contributed by atoms with Crippen LogP contribution in [0.1, 0.15) is 16.8 Å². The highest BCUT2D eigenvalue weighted by atomic mass is 35.5. The fourth-order valence-electron chi connectivity index (χ4n) is 3.23. The number of aromatic amines is 1. The maximum Gasteiger partial charge on any atom is 0.234 e. The molecule has 10 heteroatoms. The van der Waals surface area contributed by atoms with E-state index in [-0.39, 0.29) is 17.1 Å². The van der Waals surface area contributed by atoms with Gasteiger partial charge in [-0.1, -0.05) is 41.0 Å². The fourth-order valence-corrected chi connectivity index (χ4v) is 4.34. The first kappa shape index (κ1) is 22.4. The fraction of sp³-hybridized carbons (Fsp3) is 0.182. The Morgan fingerprint density at radius 1 is 1.12 bits per heavy atom. The van der Waals surface area contributed by atoms with Crippen molar-refractivity contribution in [2.75, 3.05) is 11.1 Å². The second-order valence-corrected chi connectivity index (χ2v) is 9.12. The molecule has 0 atom stereocenters. The van der Waals surface area contributed by atoms with Gasteiger partial charge in [0.05, 0.1) is 11.1 Å². The normalized spacial score (nSPS) is 11.2. The lowest BCUT2D eigenvalue weighted by atomic mass is 10.2. The molecule has 0 saturated carbocycles. The molecule has 0 aliphatic carbocycles. The predicted molar refractivity (Wildman–Crippen MR) is 129 cm³/mol. The van der Waals surface area contributed by atoms with Gasteiger partial charge in [-0.3, -0.25) is 19.9 Å². The minimum atomic E-state index is -0.208. The highest BCUT2D eigenvalue weighted by Crippen LogP contribution is 2.25. The van der Waals surface area contributed by atoms with Crippen LogP contribution in [0.4, 0.5) is 5.69 Å². The molecule has 0 spiro atoms. The molecule has 2 aromatic carbocycles. The Morgan fingerprint density at radius 3 is 2.62 bits per heavy atom. The smallest absolute Gasteiger partial charge is 0.234 e. The van der Waals surface area contributed by atoms with E-state index >= 15 is 0 Å². The van der Waals surface area contributed by atoms with Crippen LogP contribution < -0.4 is 10.8 Å². The van der Waals surface area contributed by atoms with Crippen molar-refractivity contribution in [3.05, 3.63) is 68.8 Å². The van der Waals surface area contributed by atoms with Gasteiger partial charge in [-0.25, -0.2) is 4.98 Å². The van der Waals surface area contributed by atoms with E-state index in [1.807, 2.05) is 39.0 Å². The van der Waals surface area contributed by atoms with Crippen LogP contribution in [0.3, 0.4) is 0 Å². The van der Waals surface area contributed by atoms with Gasteiger partial charge in [0.15, 0.2) is 10.8 Å². The van der Waals surface area contributed by atoms with E-state index in [1.165, 1.54) is 11.8 Å². The van der Waals surface area contributed by atoms with E-state index in [9.17, 15) is 4.79 Å². The lowest BCUT2D eigenvalue weighted by molar-refractivity contribution is -0.113. The molecule has 1 amide bonds. The van der Waals surface area contributed by atoms with Gasteiger partial charge in [0.2, 0.25) is 5.91 Å². The summed E-state index contributed by atoms with van der Waals surface area (Å²) in [5.41, 5.74) is 4.60. The number of hydrogen-bond acceptors (Lipinski definition) is 5. The molecule has 0 fully saturated rings. The molecule has 0 aliphatic heterocycles. The molecule has 4 rings (SSSR count). The van der Waals surface area contributed by atoms with Crippen LogP contribution >= 0.6 is 35.0 Å². The average molecular weight is 487 g/mol. The average Bonchev–Trinajstić information content (AvgIpc) is 3.12. The first-order valence-corrected chi connectivity index (χ1v) is 11.5. The summed E-state index contributed by atoms with van der Waals surface area (Å²) in [6, 6.07) is 10.9. The van der Waals surface area contributed by atoms with E-state index in [4.69, 9.17) is 28.6 Å². The molecule has 0 saturated heterocycles. The summed E-state index contributed by atoms with van der Waals surface area (Å²) >= 11 is 13.6. The molecule has 2 aromatic heterocycles. The van der Waals surface area contributed by atoms with Crippen molar-refractivity contribution < 1.29 is 4.79 Å². The lowest BCUT2D eigenvalue weighted by Gasteiger charge is -2.14. The van der Waals surface area contributed by atoms with Crippen molar-refractivity contribution in [2.24, 2.45) is 0 Å². The number of carbonyl (C=O) groups is 1. The van der Waals surface area contributed by atoms with E-state index < -0.39 is 0 Å². The standard InChI is InChI=1S/C22H20Cl2N6OS/c1-11-4-5-14(9-17(11)24)26-18(31)10-32-22-27-21-19(13(3)28-29-21)20(25)30(22)15-6-7-16(23)12(2)8-15/h4-9,25H,10H2,1-3H3,(H,26,31)(H,28,29). The number of anilines is 1. The third-order valence-corrected chi connectivity index (χ3v) is 6.74. The van der Waals surface area contributed by atoms with Crippen LogP contribution in [-0.4, -0.2) is 31.4 Å². The van der Waals surface area contributed by atoms with Crippen molar-refractivity contribution in [1.29, 1.82) is 5.41 Å². The van der Waals surface area contributed by atoms with Gasteiger partial charge in [-0.05, 0) is 62.2 Å². The monoisotopic (exact) mass is 486 g/mol. The number of hydrogen-bond donors (Lipinski definition) is 3. The Morgan fingerprint density at radius 2 is 1.91 bits per heavy atom. The second kappa shape index (κ2) is 8.97. The molecule has 3 N–H and O–H groups in total. The number of rotatable bonds is 5. The zero-order valence-electron chi connectivity index (χ0n) is 17.6. The number of fused-ring (bicyclic) bond motifs is 1. The number of thioether (sulfide) groups is 1. The zero-order chi connectivity index (χ0) is 23.0. The van der Waals surface area contributed by atoms with Gasteiger partial charge in [0.25, 0.3) is 0 Å². The quantitative estimate of drug-likeness (QED) is 0.267. The predicted octanol–water partition coefficient (Wildman–Crippen LogP) is 5.19. The Balaban J connectivity index is 1.68. The highest BCUT2D eigenvalue weighted by Gasteiger charge is 2.17. The van der Waals surface area contributed by atoms with Crippen LogP contribution in [0.2, 0.25) is 10.0 Å². The van der Waals surface area contributed by atoms with Crippen LogP contribution in [0.5, 0.6) is 0 Å². The highest BCUT2D eigenvalue weighted by molar-refractivity contribution is 7.99. The number of halogens is 2. The number of H-pyrrole nitrogens is 1. The number of nitrogens with one attached hydrogen (secondary N) is 3. The molecule has 2 heterocycles. The van der Waals surface area contributed by atoms with Crippen molar-refractivity contribution >= 4 is 57.6 Å². The van der Waals surface area contributed by atoms with Gasteiger partial charge in [-0.15, -0.1) is 0 Å². The van der Waals surface area contributed by atoms with E-state index in [0.29, 0.717) is 31.9 Å². The van der Waals surface area contributed by atoms with Gasteiger partial charge in [-0.2, -0.15) is 5.10 Å². The molecule has 7 nitrogen and oxygen atoms in total. The number of benzene rings is 2. The molecule has 164 valence electrons. The van der Waals surface area contributed by atoms with Crippen molar-refractivity contribution in [3.63, 3.8) is 0 Å². The van der Waals surface area contributed by atoms with Crippen molar-refractivity contribution in [2.45, 2.75) is 25.9 Å². The first-order valence-electron chi connectivity index (χ1n) is 9.72. The molecule has 4 aromatic rings. The molecule has 0 bridgehead atoms. The van der Waals surface area contributed by atoms with Crippen LogP contribution in [-0.2, 0) is 4.79 Å². The number of aromatic nitrogens is 4. The van der Waals surface area contributed by atoms with Crippen LogP contribution in [0.25, 0.3) is 16.7 Å². The zero-order valence-corrected chi connectivity index (χ0v) is 19.9. The first-order chi connectivity index (χ1) is 15.2. The molecular formula is C22H20Cl2N6OS. The third-order valence-electron chi connectivity index (χ3n) is 4.97.